The lowest BCUT2D eigenvalue weighted by molar-refractivity contribution is -0.130. The molecule has 0 atom stereocenters. The Kier molecular flexibility index (Phi) is 6.76. The molecule has 0 spiro atoms. The van der Waals surface area contributed by atoms with Crippen LogP contribution in [0.4, 0.5) is 5.69 Å². The van der Waals surface area contributed by atoms with Crippen molar-refractivity contribution in [1.82, 2.24) is 5.32 Å². The summed E-state index contributed by atoms with van der Waals surface area (Å²) in [6.07, 6.45) is 1.55. The first-order valence-corrected chi connectivity index (χ1v) is 6.81. The van der Waals surface area contributed by atoms with Gasteiger partial charge in [0.2, 0.25) is 5.91 Å². The number of carbonyl (C=O) groups is 1. The quantitative estimate of drug-likeness (QED) is 0.897. The summed E-state index contributed by atoms with van der Waals surface area (Å²) in [5, 5.41) is 6.75. The molecule has 0 unspecified atom stereocenters. The maximum atomic E-state index is 12.6. The van der Waals surface area contributed by atoms with E-state index >= 15 is 0 Å². The maximum absolute atomic E-state index is 12.6. The average molecular weight is 319 g/mol. The SMILES string of the molecule is COCC1(C(=O)Nc2ccccc2Cl)CCNCC1.Cl. The van der Waals surface area contributed by atoms with Crippen LogP contribution >= 0.6 is 24.0 Å². The normalized spacial score (nSPS) is 17.1. The molecular weight excluding hydrogens is 299 g/mol. The van der Waals surface area contributed by atoms with Gasteiger partial charge in [0.05, 0.1) is 22.7 Å². The standard InChI is InChI=1S/C14H19ClN2O2.ClH/c1-19-10-14(6-8-16-9-7-14)13(18)17-12-5-3-2-4-11(12)15;/h2-5,16H,6-10H2,1H3,(H,17,18);1H. The molecule has 1 fully saturated rings. The van der Waals surface area contributed by atoms with Gasteiger partial charge in [-0.25, -0.2) is 0 Å². The molecule has 112 valence electrons. The number of anilines is 1. The highest BCUT2D eigenvalue weighted by Gasteiger charge is 2.39. The summed E-state index contributed by atoms with van der Waals surface area (Å²) >= 11 is 6.07. The van der Waals surface area contributed by atoms with Gasteiger partial charge in [-0.2, -0.15) is 0 Å². The third kappa shape index (κ3) is 3.85. The van der Waals surface area contributed by atoms with Crippen LogP contribution < -0.4 is 10.6 Å². The number of para-hydroxylation sites is 1. The third-order valence-electron chi connectivity index (χ3n) is 3.59. The molecule has 2 N–H and O–H groups in total. The Bertz CT molecular complexity index is 443. The van der Waals surface area contributed by atoms with Gasteiger partial charge in [-0.3, -0.25) is 4.79 Å². The van der Waals surface area contributed by atoms with Crippen molar-refractivity contribution in [3.05, 3.63) is 29.3 Å². The molecule has 4 nitrogen and oxygen atoms in total. The summed E-state index contributed by atoms with van der Waals surface area (Å²) in [6, 6.07) is 7.27. The number of rotatable bonds is 4. The van der Waals surface area contributed by atoms with Crippen molar-refractivity contribution in [3.8, 4) is 0 Å². The molecular formula is C14H20Cl2N2O2. The van der Waals surface area contributed by atoms with Crippen molar-refractivity contribution in [2.24, 2.45) is 5.41 Å². The molecule has 1 saturated heterocycles. The molecule has 20 heavy (non-hydrogen) atoms. The number of ether oxygens (including phenoxy) is 1. The Balaban J connectivity index is 0.00000200. The van der Waals surface area contributed by atoms with Crippen LogP contribution in [0.25, 0.3) is 0 Å². The van der Waals surface area contributed by atoms with Crippen LogP contribution in [0, 0.1) is 5.41 Å². The van der Waals surface area contributed by atoms with E-state index in [-0.39, 0.29) is 18.3 Å². The predicted octanol–water partition coefficient (Wildman–Crippen LogP) is 2.72. The van der Waals surface area contributed by atoms with Crippen LogP contribution in [-0.4, -0.2) is 32.7 Å². The number of piperidine rings is 1. The van der Waals surface area contributed by atoms with E-state index in [1.807, 2.05) is 18.2 Å². The second-order valence-corrected chi connectivity index (χ2v) is 5.30. The molecule has 1 amide bonds. The monoisotopic (exact) mass is 318 g/mol. The summed E-state index contributed by atoms with van der Waals surface area (Å²) < 4.78 is 5.25. The Morgan fingerprint density at radius 2 is 2.05 bits per heavy atom. The Morgan fingerprint density at radius 1 is 1.40 bits per heavy atom. The first-order valence-electron chi connectivity index (χ1n) is 6.44. The molecule has 0 aromatic heterocycles. The number of methoxy groups -OCH3 is 1. The zero-order chi connectivity index (χ0) is 13.7. The summed E-state index contributed by atoms with van der Waals surface area (Å²) in [7, 11) is 1.63. The van der Waals surface area contributed by atoms with Gasteiger partial charge in [-0.15, -0.1) is 12.4 Å². The Labute approximate surface area is 130 Å². The van der Waals surface area contributed by atoms with Crippen LogP contribution in [0.1, 0.15) is 12.8 Å². The second-order valence-electron chi connectivity index (χ2n) is 4.90. The minimum absolute atomic E-state index is 0. The number of amides is 1. The van der Waals surface area contributed by atoms with Crippen LogP contribution in [0.2, 0.25) is 5.02 Å². The van der Waals surface area contributed by atoms with Crippen LogP contribution in [-0.2, 0) is 9.53 Å². The van der Waals surface area contributed by atoms with E-state index in [0.717, 1.165) is 25.9 Å². The minimum atomic E-state index is -0.459. The van der Waals surface area contributed by atoms with Crippen molar-refractivity contribution in [2.75, 3.05) is 32.1 Å². The highest BCUT2D eigenvalue weighted by molar-refractivity contribution is 6.33. The molecule has 6 heteroatoms. The lowest BCUT2D eigenvalue weighted by Crippen LogP contribution is -2.47. The van der Waals surface area contributed by atoms with E-state index in [2.05, 4.69) is 10.6 Å². The van der Waals surface area contributed by atoms with Gasteiger partial charge in [-0.1, -0.05) is 23.7 Å². The highest BCUT2D eigenvalue weighted by Crippen LogP contribution is 2.32. The summed E-state index contributed by atoms with van der Waals surface area (Å²) in [6.45, 7) is 2.10. The van der Waals surface area contributed by atoms with Crippen LogP contribution in [0.15, 0.2) is 24.3 Å². The zero-order valence-electron chi connectivity index (χ0n) is 11.4. The number of nitrogens with one attached hydrogen (secondary N) is 2. The van der Waals surface area contributed by atoms with Crippen molar-refractivity contribution in [1.29, 1.82) is 0 Å². The van der Waals surface area contributed by atoms with Gasteiger partial charge >= 0.3 is 0 Å². The maximum Gasteiger partial charge on any atom is 0.233 e. The van der Waals surface area contributed by atoms with Crippen molar-refractivity contribution in [3.63, 3.8) is 0 Å². The molecule has 1 heterocycles. The van der Waals surface area contributed by atoms with E-state index in [1.165, 1.54) is 0 Å². The predicted molar refractivity (Wildman–Crippen MR) is 83.7 cm³/mol. The molecule has 1 aliphatic rings. The number of halogens is 2. The zero-order valence-corrected chi connectivity index (χ0v) is 13.0. The number of hydrogen-bond donors (Lipinski definition) is 2. The van der Waals surface area contributed by atoms with E-state index in [9.17, 15) is 4.79 Å². The fraction of sp³-hybridized carbons (Fsp3) is 0.500. The lowest BCUT2D eigenvalue weighted by atomic mass is 9.78. The Morgan fingerprint density at radius 3 is 2.65 bits per heavy atom. The third-order valence-corrected chi connectivity index (χ3v) is 3.91. The molecule has 0 radical (unpaired) electrons. The van der Waals surface area contributed by atoms with Gasteiger partial charge in [0, 0.05) is 7.11 Å². The van der Waals surface area contributed by atoms with Gasteiger partial charge in [0.1, 0.15) is 0 Å². The lowest BCUT2D eigenvalue weighted by Gasteiger charge is -2.35. The fourth-order valence-corrected chi connectivity index (χ4v) is 2.62. The molecule has 1 aliphatic heterocycles. The van der Waals surface area contributed by atoms with Gasteiger partial charge in [0.25, 0.3) is 0 Å². The van der Waals surface area contributed by atoms with E-state index in [0.29, 0.717) is 17.3 Å². The molecule has 0 bridgehead atoms. The van der Waals surface area contributed by atoms with Gasteiger partial charge in [-0.05, 0) is 38.1 Å². The summed E-state index contributed by atoms with van der Waals surface area (Å²) in [4.78, 5) is 12.6. The first-order chi connectivity index (χ1) is 9.18. The smallest absolute Gasteiger partial charge is 0.233 e. The minimum Gasteiger partial charge on any atom is -0.384 e. The molecule has 0 saturated carbocycles. The van der Waals surface area contributed by atoms with Crippen LogP contribution in [0.3, 0.4) is 0 Å². The average Bonchev–Trinajstić information content (AvgIpc) is 2.42. The van der Waals surface area contributed by atoms with E-state index < -0.39 is 5.41 Å². The topological polar surface area (TPSA) is 50.4 Å². The summed E-state index contributed by atoms with van der Waals surface area (Å²) in [5.74, 6) is -0.0102. The van der Waals surface area contributed by atoms with Gasteiger partial charge in [0.15, 0.2) is 0 Å². The number of carbonyl (C=O) groups excluding carboxylic acids is 1. The number of benzene rings is 1. The molecule has 2 rings (SSSR count). The Hall–Kier alpha value is -0.810. The van der Waals surface area contributed by atoms with E-state index in [4.69, 9.17) is 16.3 Å². The van der Waals surface area contributed by atoms with Crippen LogP contribution in [0.5, 0.6) is 0 Å². The molecule has 1 aromatic rings. The second kappa shape index (κ2) is 7.84. The first kappa shape index (κ1) is 17.2. The largest absolute Gasteiger partial charge is 0.384 e. The molecule has 0 aliphatic carbocycles. The molecule has 1 aromatic carbocycles. The van der Waals surface area contributed by atoms with Crippen molar-refractivity contribution < 1.29 is 9.53 Å². The summed E-state index contributed by atoms with van der Waals surface area (Å²) in [5.41, 5.74) is 0.197. The number of hydrogen-bond acceptors (Lipinski definition) is 3. The highest BCUT2D eigenvalue weighted by atomic mass is 35.5. The van der Waals surface area contributed by atoms with Crippen molar-refractivity contribution in [2.45, 2.75) is 12.8 Å². The van der Waals surface area contributed by atoms with E-state index in [1.54, 1.807) is 13.2 Å². The fourth-order valence-electron chi connectivity index (χ4n) is 2.44. The van der Waals surface area contributed by atoms with Crippen molar-refractivity contribution >= 4 is 35.6 Å². The van der Waals surface area contributed by atoms with Gasteiger partial charge < -0.3 is 15.4 Å².